The van der Waals surface area contributed by atoms with E-state index < -0.39 is 11.9 Å². The molecule has 4 nitrogen and oxygen atoms in total. The van der Waals surface area contributed by atoms with Crippen molar-refractivity contribution in [3.05, 3.63) is 22.4 Å². The quantitative estimate of drug-likeness (QED) is 0.930. The van der Waals surface area contributed by atoms with Crippen molar-refractivity contribution in [3.8, 4) is 5.75 Å². The number of hydrogen-bond acceptors (Lipinski definition) is 3. The minimum absolute atomic E-state index is 0.0984. The molecule has 0 aromatic heterocycles. The molecular weight excluding hydrogens is 281 g/mol. The Kier molecular flexibility index (Phi) is 4.54. The molecule has 0 atom stereocenters. The average molecular weight is 292 g/mol. The molecule has 1 amide bonds. The van der Waals surface area contributed by atoms with Crippen molar-refractivity contribution in [1.82, 2.24) is 0 Å². The van der Waals surface area contributed by atoms with Gasteiger partial charge in [-0.25, -0.2) is 9.18 Å². The molecule has 0 spiro atoms. The summed E-state index contributed by atoms with van der Waals surface area (Å²) in [6, 6.07) is 2.58. The van der Waals surface area contributed by atoms with Crippen LogP contribution in [0.4, 0.5) is 14.9 Å². The molecule has 1 N–H and O–H groups in total. The predicted octanol–water partition coefficient (Wildman–Crippen LogP) is 3.17. The summed E-state index contributed by atoms with van der Waals surface area (Å²) in [5, 5.41) is 2.40. The largest absolute Gasteiger partial charge is 0.494 e. The molecule has 0 radical (unpaired) electrons. The second kappa shape index (κ2) is 5.69. The highest BCUT2D eigenvalue weighted by Gasteiger charge is 2.11. The van der Waals surface area contributed by atoms with E-state index in [0.717, 1.165) is 6.07 Å². The number of ether oxygens (including phenoxy) is 2. The summed E-state index contributed by atoms with van der Waals surface area (Å²) in [6.45, 7) is 1.94. The molecule has 0 fully saturated rings. The van der Waals surface area contributed by atoms with E-state index in [1.54, 1.807) is 6.92 Å². The maximum atomic E-state index is 13.3. The molecule has 1 rings (SSSR count). The summed E-state index contributed by atoms with van der Waals surface area (Å²) >= 11 is 3.18. The summed E-state index contributed by atoms with van der Waals surface area (Å²) in [5.41, 5.74) is 0.289. The topological polar surface area (TPSA) is 47.6 Å². The van der Waals surface area contributed by atoms with E-state index in [1.807, 2.05) is 0 Å². The zero-order valence-electron chi connectivity index (χ0n) is 8.84. The highest BCUT2D eigenvalue weighted by atomic mass is 79.9. The van der Waals surface area contributed by atoms with Crippen LogP contribution in [-0.4, -0.2) is 19.8 Å². The fourth-order valence-corrected chi connectivity index (χ4v) is 1.48. The molecule has 0 saturated heterocycles. The second-order valence-corrected chi connectivity index (χ2v) is 3.67. The summed E-state index contributed by atoms with van der Waals surface area (Å²) in [6.07, 6.45) is -0.632. The Labute approximate surface area is 101 Å². The highest BCUT2D eigenvalue weighted by Crippen LogP contribution is 2.30. The van der Waals surface area contributed by atoms with Crippen molar-refractivity contribution < 1.29 is 18.7 Å². The van der Waals surface area contributed by atoms with Gasteiger partial charge in [0.05, 0.1) is 19.4 Å². The van der Waals surface area contributed by atoms with Gasteiger partial charge in [-0.3, -0.25) is 5.32 Å². The summed E-state index contributed by atoms with van der Waals surface area (Å²) in [4.78, 5) is 11.1. The number of rotatable bonds is 3. The van der Waals surface area contributed by atoms with E-state index in [9.17, 15) is 9.18 Å². The third-order valence-corrected chi connectivity index (χ3v) is 2.41. The van der Waals surface area contributed by atoms with Crippen LogP contribution < -0.4 is 10.1 Å². The number of nitrogens with one attached hydrogen (secondary N) is 1. The zero-order chi connectivity index (χ0) is 12.1. The number of hydrogen-bond donors (Lipinski definition) is 1. The van der Waals surface area contributed by atoms with E-state index in [4.69, 9.17) is 4.74 Å². The minimum Gasteiger partial charge on any atom is -0.494 e. The van der Waals surface area contributed by atoms with Gasteiger partial charge >= 0.3 is 6.09 Å². The summed E-state index contributed by atoms with van der Waals surface area (Å²) in [7, 11) is 1.36. The van der Waals surface area contributed by atoms with Gasteiger partial charge in [-0.05, 0) is 28.9 Å². The minimum atomic E-state index is -0.632. The Morgan fingerprint density at radius 2 is 2.25 bits per heavy atom. The van der Waals surface area contributed by atoms with Crippen LogP contribution in [0.25, 0.3) is 0 Å². The van der Waals surface area contributed by atoms with Gasteiger partial charge < -0.3 is 9.47 Å². The lowest BCUT2D eigenvalue weighted by Gasteiger charge is -2.09. The Hall–Kier alpha value is -1.30. The van der Waals surface area contributed by atoms with Gasteiger partial charge in [0.15, 0.2) is 11.6 Å². The normalized spacial score (nSPS) is 9.75. The van der Waals surface area contributed by atoms with E-state index in [2.05, 4.69) is 26.0 Å². The lowest BCUT2D eigenvalue weighted by Crippen LogP contribution is -2.13. The lowest BCUT2D eigenvalue weighted by atomic mass is 10.3. The molecule has 0 aliphatic carbocycles. The monoisotopic (exact) mass is 291 g/mol. The maximum Gasteiger partial charge on any atom is 0.411 e. The van der Waals surface area contributed by atoms with Gasteiger partial charge in [-0.1, -0.05) is 0 Å². The average Bonchev–Trinajstić information content (AvgIpc) is 2.23. The van der Waals surface area contributed by atoms with Crippen LogP contribution in [0.5, 0.6) is 5.75 Å². The second-order valence-electron chi connectivity index (χ2n) is 2.81. The van der Waals surface area contributed by atoms with E-state index in [0.29, 0.717) is 4.47 Å². The molecule has 1 aromatic carbocycles. The first-order chi connectivity index (χ1) is 7.58. The lowest BCUT2D eigenvalue weighted by molar-refractivity contribution is 0.168. The summed E-state index contributed by atoms with van der Waals surface area (Å²) < 4.78 is 23.3. The third-order valence-electron chi connectivity index (χ3n) is 1.75. The van der Waals surface area contributed by atoms with Gasteiger partial charge in [0.2, 0.25) is 0 Å². The van der Waals surface area contributed by atoms with Gasteiger partial charge in [0.1, 0.15) is 0 Å². The Morgan fingerprint density at radius 1 is 1.56 bits per heavy atom. The van der Waals surface area contributed by atoms with Crippen LogP contribution in [0.3, 0.4) is 0 Å². The zero-order valence-corrected chi connectivity index (χ0v) is 10.4. The van der Waals surface area contributed by atoms with Gasteiger partial charge in [-0.2, -0.15) is 0 Å². The van der Waals surface area contributed by atoms with Crippen molar-refractivity contribution >= 4 is 27.7 Å². The van der Waals surface area contributed by atoms with Gasteiger partial charge in [0, 0.05) is 10.5 Å². The Morgan fingerprint density at radius 3 is 2.81 bits per heavy atom. The van der Waals surface area contributed by atoms with Crippen LogP contribution >= 0.6 is 15.9 Å². The Bertz CT molecular complexity index is 398. The Balaban J connectivity index is 2.89. The van der Waals surface area contributed by atoms with Crippen molar-refractivity contribution in [2.45, 2.75) is 6.92 Å². The standard InChI is InChI=1S/C10H11BrFNO3/c1-3-16-10(14)13-8-5-7(12)9(15-2)4-6(8)11/h4-5H,3H2,1-2H3,(H,13,14). The van der Waals surface area contributed by atoms with Crippen LogP contribution in [0.2, 0.25) is 0 Å². The molecule has 0 aliphatic heterocycles. The number of amides is 1. The van der Waals surface area contributed by atoms with E-state index in [-0.39, 0.29) is 18.0 Å². The molecule has 0 aliphatic rings. The number of methoxy groups -OCH3 is 1. The van der Waals surface area contributed by atoms with Crippen molar-refractivity contribution in [2.75, 3.05) is 19.0 Å². The van der Waals surface area contributed by atoms with Gasteiger partial charge in [0.25, 0.3) is 0 Å². The predicted molar refractivity (Wildman–Crippen MR) is 61.3 cm³/mol. The highest BCUT2D eigenvalue weighted by molar-refractivity contribution is 9.10. The fourth-order valence-electron chi connectivity index (χ4n) is 1.06. The first-order valence-corrected chi connectivity index (χ1v) is 5.34. The number of anilines is 1. The van der Waals surface area contributed by atoms with Crippen LogP contribution in [-0.2, 0) is 4.74 Å². The molecule has 1 aromatic rings. The van der Waals surface area contributed by atoms with Gasteiger partial charge in [-0.15, -0.1) is 0 Å². The molecule has 0 heterocycles. The first-order valence-electron chi connectivity index (χ1n) is 4.55. The smallest absolute Gasteiger partial charge is 0.411 e. The number of carbonyl (C=O) groups is 1. The molecular formula is C10H11BrFNO3. The molecule has 88 valence electrons. The first kappa shape index (κ1) is 12.8. The molecule has 16 heavy (non-hydrogen) atoms. The molecule has 0 unspecified atom stereocenters. The third kappa shape index (κ3) is 3.10. The number of carbonyl (C=O) groups excluding carboxylic acids is 1. The molecule has 0 bridgehead atoms. The fraction of sp³-hybridized carbons (Fsp3) is 0.300. The van der Waals surface area contributed by atoms with Crippen molar-refractivity contribution in [2.24, 2.45) is 0 Å². The summed E-state index contributed by atoms with van der Waals surface area (Å²) in [5.74, 6) is -0.459. The molecule has 0 saturated carbocycles. The van der Waals surface area contributed by atoms with Crippen molar-refractivity contribution in [3.63, 3.8) is 0 Å². The van der Waals surface area contributed by atoms with E-state index in [1.165, 1.54) is 13.2 Å². The number of halogens is 2. The number of benzene rings is 1. The van der Waals surface area contributed by atoms with Crippen LogP contribution in [0, 0.1) is 5.82 Å². The SMILES string of the molecule is CCOC(=O)Nc1cc(F)c(OC)cc1Br. The maximum absolute atomic E-state index is 13.3. The van der Waals surface area contributed by atoms with Crippen LogP contribution in [0.15, 0.2) is 16.6 Å². The van der Waals surface area contributed by atoms with Crippen LogP contribution in [0.1, 0.15) is 6.92 Å². The molecule has 6 heteroatoms. The van der Waals surface area contributed by atoms with E-state index >= 15 is 0 Å². The van der Waals surface area contributed by atoms with Crippen molar-refractivity contribution in [1.29, 1.82) is 0 Å².